The van der Waals surface area contributed by atoms with Crippen molar-refractivity contribution in [1.82, 2.24) is 4.31 Å². The number of nitrogens with zero attached hydrogens (tertiary/aromatic N) is 1. The molecule has 1 heterocycles. The van der Waals surface area contributed by atoms with Gasteiger partial charge in [0.2, 0.25) is 10.0 Å². The highest BCUT2D eigenvalue weighted by Gasteiger charge is 2.20. The molecule has 0 radical (unpaired) electrons. The van der Waals surface area contributed by atoms with E-state index in [1.165, 1.54) is 10.6 Å². The Bertz CT molecular complexity index is 256. The highest BCUT2D eigenvalue weighted by molar-refractivity contribution is 7.88. The maximum atomic E-state index is 11.1. The van der Waals surface area contributed by atoms with E-state index in [-0.39, 0.29) is 6.04 Å². The van der Waals surface area contributed by atoms with Gasteiger partial charge in [0.05, 0.1) is 6.26 Å². The summed E-state index contributed by atoms with van der Waals surface area (Å²) in [6.45, 7) is 1.92. The molecule has 0 aromatic heterocycles. The first-order valence-corrected chi connectivity index (χ1v) is 5.52. The molecule has 1 rings (SSSR count). The first kappa shape index (κ1) is 8.59. The number of sulfonamides is 1. The Hall–Kier alpha value is -0.510. The highest BCUT2D eigenvalue weighted by Crippen LogP contribution is 2.16. The average Bonchev–Trinajstić information content (AvgIpc) is 1.86. The van der Waals surface area contributed by atoms with Gasteiger partial charge in [0.1, 0.15) is 0 Å². The van der Waals surface area contributed by atoms with Crippen molar-refractivity contribution in [1.29, 1.82) is 0 Å². The van der Waals surface area contributed by atoms with Crippen molar-refractivity contribution in [2.75, 3.05) is 6.26 Å². The fourth-order valence-corrected chi connectivity index (χ4v) is 2.29. The van der Waals surface area contributed by atoms with Crippen LogP contribution in [0, 0.1) is 0 Å². The summed E-state index contributed by atoms with van der Waals surface area (Å²) in [5, 5.41) is 0. The summed E-state index contributed by atoms with van der Waals surface area (Å²) in [5.74, 6) is 0. The normalized spacial score (nSPS) is 25.6. The fourth-order valence-electron chi connectivity index (χ4n) is 1.23. The molecule has 3 nitrogen and oxygen atoms in total. The zero-order valence-electron chi connectivity index (χ0n) is 6.82. The van der Waals surface area contributed by atoms with Gasteiger partial charge in [0.15, 0.2) is 0 Å². The Balaban J connectivity index is 2.86. The molecule has 0 fully saturated rings. The average molecular weight is 175 g/mol. The van der Waals surface area contributed by atoms with Crippen molar-refractivity contribution in [2.24, 2.45) is 0 Å². The second kappa shape index (κ2) is 2.85. The number of rotatable bonds is 1. The van der Waals surface area contributed by atoms with E-state index in [9.17, 15) is 8.42 Å². The molecule has 64 valence electrons. The molecule has 4 heteroatoms. The molecule has 0 saturated heterocycles. The van der Waals surface area contributed by atoms with Crippen molar-refractivity contribution in [3.63, 3.8) is 0 Å². The Labute approximate surface area is 67.8 Å². The van der Waals surface area contributed by atoms with Crippen LogP contribution in [-0.4, -0.2) is 25.0 Å². The lowest BCUT2D eigenvalue weighted by molar-refractivity contribution is 0.389. The summed E-state index contributed by atoms with van der Waals surface area (Å²) in [4.78, 5) is 0. The molecule has 0 aliphatic carbocycles. The lowest BCUT2D eigenvalue weighted by atomic mass is 10.1. The third-order valence-corrected chi connectivity index (χ3v) is 3.07. The zero-order chi connectivity index (χ0) is 8.48. The highest BCUT2D eigenvalue weighted by atomic mass is 32.2. The van der Waals surface area contributed by atoms with Crippen LogP contribution >= 0.6 is 0 Å². The van der Waals surface area contributed by atoms with Crippen LogP contribution in [0.4, 0.5) is 0 Å². The molecule has 1 aliphatic rings. The zero-order valence-corrected chi connectivity index (χ0v) is 7.63. The molecule has 0 N–H and O–H groups in total. The van der Waals surface area contributed by atoms with Gasteiger partial charge in [0, 0.05) is 12.2 Å². The van der Waals surface area contributed by atoms with Gasteiger partial charge < -0.3 is 0 Å². The SMILES string of the molecule is CC1CCC=CN1S(C)(=O)=O. The van der Waals surface area contributed by atoms with E-state index in [1.54, 1.807) is 6.20 Å². The van der Waals surface area contributed by atoms with Crippen molar-refractivity contribution in [3.8, 4) is 0 Å². The number of hydrogen-bond acceptors (Lipinski definition) is 2. The topological polar surface area (TPSA) is 37.4 Å². The molecule has 0 saturated carbocycles. The van der Waals surface area contributed by atoms with Gasteiger partial charge in [0.25, 0.3) is 0 Å². The maximum absolute atomic E-state index is 11.1. The second-order valence-corrected chi connectivity index (χ2v) is 4.79. The van der Waals surface area contributed by atoms with E-state index in [0.29, 0.717) is 0 Å². The molecule has 1 atom stereocenters. The lowest BCUT2D eigenvalue weighted by Gasteiger charge is -2.27. The molecular formula is C7H13NO2S. The first-order valence-electron chi connectivity index (χ1n) is 3.67. The van der Waals surface area contributed by atoms with Crippen LogP contribution in [0.25, 0.3) is 0 Å². The van der Waals surface area contributed by atoms with Gasteiger partial charge in [-0.3, -0.25) is 4.31 Å². The van der Waals surface area contributed by atoms with Crippen molar-refractivity contribution >= 4 is 10.0 Å². The predicted octanol–water partition coefficient (Wildman–Crippen LogP) is 0.944. The Morgan fingerprint density at radius 2 is 2.18 bits per heavy atom. The summed E-state index contributed by atoms with van der Waals surface area (Å²) in [5.41, 5.74) is 0. The van der Waals surface area contributed by atoms with Crippen molar-refractivity contribution in [3.05, 3.63) is 12.3 Å². The Kier molecular flexibility index (Phi) is 2.23. The quantitative estimate of drug-likeness (QED) is 0.595. The molecule has 0 aromatic carbocycles. The minimum absolute atomic E-state index is 0.120. The third kappa shape index (κ3) is 1.96. The van der Waals surface area contributed by atoms with Crippen molar-refractivity contribution in [2.45, 2.75) is 25.8 Å². The summed E-state index contributed by atoms with van der Waals surface area (Å²) >= 11 is 0. The lowest BCUT2D eigenvalue weighted by Crippen LogP contribution is -2.34. The van der Waals surface area contributed by atoms with E-state index in [4.69, 9.17) is 0 Å². The summed E-state index contributed by atoms with van der Waals surface area (Å²) in [7, 11) is -3.03. The fraction of sp³-hybridized carbons (Fsp3) is 0.714. The molecule has 11 heavy (non-hydrogen) atoms. The van der Waals surface area contributed by atoms with Gasteiger partial charge in [-0.1, -0.05) is 6.08 Å². The molecule has 0 spiro atoms. The van der Waals surface area contributed by atoms with E-state index in [2.05, 4.69) is 0 Å². The molecule has 0 bridgehead atoms. The second-order valence-electron chi connectivity index (χ2n) is 2.90. The Morgan fingerprint density at radius 1 is 1.55 bits per heavy atom. The molecular weight excluding hydrogens is 162 g/mol. The first-order chi connectivity index (χ1) is 5.02. The maximum Gasteiger partial charge on any atom is 0.231 e. The largest absolute Gasteiger partial charge is 0.275 e. The number of allylic oxidation sites excluding steroid dienone is 1. The minimum Gasteiger partial charge on any atom is -0.275 e. The third-order valence-electron chi connectivity index (χ3n) is 1.82. The predicted molar refractivity (Wildman–Crippen MR) is 44.5 cm³/mol. The molecule has 0 amide bonds. The van der Waals surface area contributed by atoms with Gasteiger partial charge in [-0.05, 0) is 19.8 Å². The van der Waals surface area contributed by atoms with E-state index < -0.39 is 10.0 Å². The number of hydrogen-bond donors (Lipinski definition) is 0. The summed E-state index contributed by atoms with van der Waals surface area (Å²) < 4.78 is 23.6. The minimum atomic E-state index is -3.03. The summed E-state index contributed by atoms with van der Waals surface area (Å²) in [6, 6.07) is 0.120. The molecule has 1 unspecified atom stereocenters. The van der Waals surface area contributed by atoms with E-state index in [0.717, 1.165) is 12.8 Å². The smallest absolute Gasteiger partial charge is 0.231 e. The van der Waals surface area contributed by atoms with Crippen LogP contribution in [0.5, 0.6) is 0 Å². The van der Waals surface area contributed by atoms with Gasteiger partial charge in [-0.15, -0.1) is 0 Å². The van der Waals surface area contributed by atoms with Gasteiger partial charge in [-0.25, -0.2) is 8.42 Å². The Morgan fingerprint density at radius 3 is 2.55 bits per heavy atom. The van der Waals surface area contributed by atoms with Crippen LogP contribution in [0.3, 0.4) is 0 Å². The van der Waals surface area contributed by atoms with Crippen LogP contribution < -0.4 is 0 Å². The monoisotopic (exact) mass is 175 g/mol. The van der Waals surface area contributed by atoms with Gasteiger partial charge in [-0.2, -0.15) is 0 Å². The van der Waals surface area contributed by atoms with E-state index in [1.807, 2.05) is 13.0 Å². The van der Waals surface area contributed by atoms with Gasteiger partial charge >= 0.3 is 0 Å². The van der Waals surface area contributed by atoms with E-state index >= 15 is 0 Å². The van der Waals surface area contributed by atoms with Crippen molar-refractivity contribution < 1.29 is 8.42 Å². The van der Waals surface area contributed by atoms with Crippen LogP contribution in [-0.2, 0) is 10.0 Å². The van der Waals surface area contributed by atoms with Crippen LogP contribution in [0.2, 0.25) is 0 Å². The standard InChI is InChI=1S/C7H13NO2S/c1-7-5-3-4-6-8(7)11(2,9)10/h4,6-7H,3,5H2,1-2H3. The molecule has 1 aliphatic heterocycles. The van der Waals surface area contributed by atoms with Crippen LogP contribution in [0.1, 0.15) is 19.8 Å². The van der Waals surface area contributed by atoms with Crippen LogP contribution in [0.15, 0.2) is 12.3 Å². The molecule has 0 aromatic rings. The summed E-state index contributed by atoms with van der Waals surface area (Å²) in [6.07, 6.45) is 6.68.